The Morgan fingerprint density at radius 3 is 2.63 bits per heavy atom. The Labute approximate surface area is 164 Å². The number of carbonyl (C=O) groups is 2. The topological polar surface area (TPSA) is 73.5 Å². The highest BCUT2D eigenvalue weighted by Crippen LogP contribution is 2.30. The van der Waals surface area contributed by atoms with E-state index in [4.69, 9.17) is 0 Å². The zero-order chi connectivity index (χ0) is 19.4. The maximum absolute atomic E-state index is 12.4. The third-order valence-corrected chi connectivity index (χ3v) is 5.41. The lowest BCUT2D eigenvalue weighted by molar-refractivity contribution is -0.117. The summed E-state index contributed by atoms with van der Waals surface area (Å²) in [4.78, 5) is 26.4. The number of hydrogen-bond acceptors (Lipinski definition) is 4. The smallest absolute Gasteiger partial charge is 0.319 e. The van der Waals surface area contributed by atoms with Crippen molar-refractivity contribution >= 4 is 34.6 Å². The molecule has 0 unspecified atom stereocenters. The number of rotatable bonds is 7. The molecule has 0 aliphatic heterocycles. The molecule has 0 spiro atoms. The van der Waals surface area contributed by atoms with Gasteiger partial charge in [-0.25, -0.2) is 4.79 Å². The van der Waals surface area contributed by atoms with Gasteiger partial charge in [-0.15, -0.1) is 0 Å². The summed E-state index contributed by atoms with van der Waals surface area (Å²) in [7, 11) is 4.00. The Morgan fingerprint density at radius 1 is 1.22 bits per heavy atom. The van der Waals surface area contributed by atoms with Crippen molar-refractivity contribution in [1.82, 2.24) is 10.2 Å². The minimum Gasteiger partial charge on any atom is -0.336 e. The number of thiophene rings is 1. The molecule has 27 heavy (non-hydrogen) atoms. The Hall–Kier alpha value is -2.38. The van der Waals surface area contributed by atoms with Crippen LogP contribution in [0.4, 0.5) is 16.2 Å². The number of urea groups is 1. The van der Waals surface area contributed by atoms with Gasteiger partial charge in [-0.3, -0.25) is 4.79 Å². The summed E-state index contributed by atoms with van der Waals surface area (Å²) in [5, 5.41) is 12.9. The van der Waals surface area contributed by atoms with E-state index in [2.05, 4.69) is 32.3 Å². The van der Waals surface area contributed by atoms with Gasteiger partial charge in [-0.2, -0.15) is 11.3 Å². The Balaban J connectivity index is 1.58. The number of amides is 3. The molecule has 1 aromatic heterocycles. The van der Waals surface area contributed by atoms with Gasteiger partial charge in [0.15, 0.2) is 0 Å². The van der Waals surface area contributed by atoms with Crippen molar-refractivity contribution in [3.05, 3.63) is 46.2 Å². The first-order valence-corrected chi connectivity index (χ1v) is 10.0. The Morgan fingerprint density at radius 2 is 2.00 bits per heavy atom. The predicted molar refractivity (Wildman–Crippen MR) is 110 cm³/mol. The van der Waals surface area contributed by atoms with E-state index in [9.17, 15) is 9.59 Å². The standard InChI is InChI=1S/C20H26N4O2S/c1-13-4-7-16(22-19(25)14-5-6-14)10-17(13)23-20(26)21-11-18(24(2)3)15-8-9-27-12-15/h4,7-10,12,14,18H,5-6,11H2,1-3H3,(H,22,25)(H2,21,23,26)/t18-/m1/s1. The number of nitrogens with one attached hydrogen (secondary N) is 3. The van der Waals surface area contributed by atoms with Gasteiger partial charge in [-0.1, -0.05) is 6.07 Å². The van der Waals surface area contributed by atoms with Crippen LogP contribution in [0.15, 0.2) is 35.0 Å². The van der Waals surface area contributed by atoms with E-state index in [0.29, 0.717) is 17.9 Å². The quantitative estimate of drug-likeness (QED) is 0.677. The number of benzene rings is 1. The first-order valence-electron chi connectivity index (χ1n) is 9.09. The molecule has 1 atom stereocenters. The number of anilines is 2. The number of likely N-dealkylation sites (N-methyl/N-ethyl adjacent to an activating group) is 1. The molecule has 3 amide bonds. The fraction of sp³-hybridized carbons (Fsp3) is 0.400. The van der Waals surface area contributed by atoms with E-state index in [1.165, 1.54) is 5.56 Å². The molecule has 6 nitrogen and oxygen atoms in total. The molecule has 2 aromatic rings. The van der Waals surface area contributed by atoms with Crippen molar-refractivity contribution < 1.29 is 9.59 Å². The molecule has 7 heteroatoms. The summed E-state index contributed by atoms with van der Waals surface area (Å²) in [5.41, 5.74) is 3.53. The van der Waals surface area contributed by atoms with Crippen LogP contribution in [0.5, 0.6) is 0 Å². The second kappa shape index (κ2) is 8.54. The number of hydrogen-bond donors (Lipinski definition) is 3. The SMILES string of the molecule is Cc1ccc(NC(=O)C2CC2)cc1NC(=O)NC[C@H](c1ccsc1)N(C)C. The molecule has 144 valence electrons. The Bertz CT molecular complexity index is 800. The zero-order valence-corrected chi connectivity index (χ0v) is 16.7. The van der Waals surface area contributed by atoms with E-state index in [-0.39, 0.29) is 23.9 Å². The van der Waals surface area contributed by atoms with Crippen molar-refractivity contribution in [2.24, 2.45) is 5.92 Å². The fourth-order valence-electron chi connectivity index (χ4n) is 2.84. The van der Waals surface area contributed by atoms with Gasteiger partial charge in [0.2, 0.25) is 5.91 Å². The van der Waals surface area contributed by atoms with Gasteiger partial charge >= 0.3 is 6.03 Å². The highest BCUT2D eigenvalue weighted by atomic mass is 32.1. The van der Waals surface area contributed by atoms with E-state index in [1.807, 2.05) is 38.5 Å². The lowest BCUT2D eigenvalue weighted by Gasteiger charge is -2.24. The van der Waals surface area contributed by atoms with Crippen LogP contribution >= 0.6 is 11.3 Å². The van der Waals surface area contributed by atoms with Crippen LogP contribution in [0.1, 0.15) is 30.0 Å². The largest absolute Gasteiger partial charge is 0.336 e. The van der Waals surface area contributed by atoms with Crippen molar-refractivity contribution in [1.29, 1.82) is 0 Å². The third kappa shape index (κ3) is 5.30. The highest BCUT2D eigenvalue weighted by Gasteiger charge is 2.29. The van der Waals surface area contributed by atoms with Gasteiger partial charge in [-0.05, 0) is 73.9 Å². The van der Waals surface area contributed by atoms with Crippen molar-refractivity contribution in [3.63, 3.8) is 0 Å². The summed E-state index contributed by atoms with van der Waals surface area (Å²) in [6.45, 7) is 2.43. The monoisotopic (exact) mass is 386 g/mol. The van der Waals surface area contributed by atoms with E-state index in [0.717, 1.165) is 18.4 Å². The minimum atomic E-state index is -0.258. The summed E-state index contributed by atoms with van der Waals surface area (Å²) in [6, 6.07) is 7.49. The number of nitrogens with zero attached hydrogens (tertiary/aromatic N) is 1. The molecule has 1 aromatic carbocycles. The fourth-order valence-corrected chi connectivity index (χ4v) is 3.55. The van der Waals surface area contributed by atoms with Gasteiger partial charge in [0, 0.05) is 23.8 Å². The molecule has 1 aliphatic carbocycles. The van der Waals surface area contributed by atoms with Crippen LogP contribution in [0.25, 0.3) is 0 Å². The molecule has 1 fully saturated rings. The van der Waals surface area contributed by atoms with Crippen LogP contribution in [-0.2, 0) is 4.79 Å². The van der Waals surface area contributed by atoms with Gasteiger partial charge < -0.3 is 20.9 Å². The lowest BCUT2D eigenvalue weighted by atomic mass is 10.1. The molecular formula is C20H26N4O2S. The van der Waals surface area contributed by atoms with E-state index in [1.54, 1.807) is 17.4 Å². The van der Waals surface area contributed by atoms with Crippen LogP contribution in [0, 0.1) is 12.8 Å². The van der Waals surface area contributed by atoms with Gasteiger partial charge in [0.05, 0.1) is 6.04 Å². The first kappa shape index (κ1) is 19.4. The van der Waals surface area contributed by atoms with Crippen LogP contribution < -0.4 is 16.0 Å². The maximum atomic E-state index is 12.4. The second-order valence-corrected chi connectivity index (χ2v) is 7.94. The maximum Gasteiger partial charge on any atom is 0.319 e. The van der Waals surface area contributed by atoms with Crippen molar-refractivity contribution in [2.75, 3.05) is 31.3 Å². The number of carbonyl (C=O) groups excluding carboxylic acids is 2. The minimum absolute atomic E-state index is 0.0545. The summed E-state index contributed by atoms with van der Waals surface area (Å²) in [6.07, 6.45) is 1.92. The van der Waals surface area contributed by atoms with Gasteiger partial charge in [0.1, 0.15) is 0 Å². The van der Waals surface area contributed by atoms with Crippen LogP contribution in [0.2, 0.25) is 0 Å². The summed E-state index contributed by atoms with van der Waals surface area (Å²) >= 11 is 1.65. The average Bonchev–Trinajstić information content (AvgIpc) is 3.34. The summed E-state index contributed by atoms with van der Waals surface area (Å²) in [5.74, 6) is 0.199. The lowest BCUT2D eigenvalue weighted by Crippen LogP contribution is -2.36. The highest BCUT2D eigenvalue weighted by molar-refractivity contribution is 7.07. The predicted octanol–water partition coefficient (Wildman–Crippen LogP) is 3.83. The summed E-state index contributed by atoms with van der Waals surface area (Å²) < 4.78 is 0. The van der Waals surface area contributed by atoms with Crippen molar-refractivity contribution in [3.8, 4) is 0 Å². The third-order valence-electron chi connectivity index (χ3n) is 4.71. The molecule has 1 heterocycles. The van der Waals surface area contributed by atoms with E-state index < -0.39 is 0 Å². The van der Waals surface area contributed by atoms with Gasteiger partial charge in [0.25, 0.3) is 0 Å². The second-order valence-electron chi connectivity index (χ2n) is 7.16. The normalized spacial score (nSPS) is 14.7. The van der Waals surface area contributed by atoms with Crippen molar-refractivity contribution in [2.45, 2.75) is 25.8 Å². The molecule has 3 N–H and O–H groups in total. The zero-order valence-electron chi connectivity index (χ0n) is 15.9. The Kier molecular flexibility index (Phi) is 6.13. The van der Waals surface area contributed by atoms with Crippen LogP contribution in [0.3, 0.4) is 0 Å². The molecule has 0 bridgehead atoms. The molecule has 0 saturated heterocycles. The molecule has 3 rings (SSSR count). The molecule has 1 saturated carbocycles. The molecule has 1 aliphatic rings. The van der Waals surface area contributed by atoms with E-state index >= 15 is 0 Å². The van der Waals surface area contributed by atoms with Crippen LogP contribution in [-0.4, -0.2) is 37.5 Å². The number of aryl methyl sites for hydroxylation is 1. The first-order chi connectivity index (χ1) is 12.9. The molecule has 0 radical (unpaired) electrons. The average molecular weight is 387 g/mol. The molecular weight excluding hydrogens is 360 g/mol.